The van der Waals surface area contributed by atoms with Gasteiger partial charge < -0.3 is 9.47 Å². The minimum absolute atomic E-state index is 0.195. The van der Waals surface area contributed by atoms with E-state index in [0.717, 1.165) is 53.5 Å². The molecule has 27 heavy (non-hydrogen) atoms. The first-order valence-corrected chi connectivity index (χ1v) is 9.19. The Morgan fingerprint density at radius 1 is 1.00 bits per heavy atom. The fourth-order valence-electron chi connectivity index (χ4n) is 4.06. The number of hydrogen-bond donors (Lipinski definition) is 0. The molecule has 1 aromatic carbocycles. The number of benzene rings is 1. The lowest BCUT2D eigenvalue weighted by atomic mass is 9.71. The van der Waals surface area contributed by atoms with Gasteiger partial charge in [0.05, 0.1) is 14.2 Å². The maximum absolute atomic E-state index is 12.9. The third kappa shape index (κ3) is 3.55. The van der Waals surface area contributed by atoms with Gasteiger partial charge in [-0.15, -0.1) is 0 Å². The van der Waals surface area contributed by atoms with Gasteiger partial charge in [-0.1, -0.05) is 42.2 Å². The number of carbonyl (C=O) groups is 2. The maximum Gasteiger partial charge on any atom is 0.323 e. The van der Waals surface area contributed by atoms with Crippen molar-refractivity contribution < 1.29 is 19.1 Å². The van der Waals surface area contributed by atoms with Crippen LogP contribution in [0.1, 0.15) is 43.2 Å². The Bertz CT molecular complexity index is 863. The first kappa shape index (κ1) is 19.0. The summed E-state index contributed by atoms with van der Waals surface area (Å²) in [6, 6.07) is 7.56. The van der Waals surface area contributed by atoms with E-state index in [9.17, 15) is 9.59 Å². The number of allylic oxidation sites excluding steroid dienone is 3. The molecule has 0 aromatic heterocycles. The molecule has 0 bridgehead atoms. The zero-order valence-corrected chi connectivity index (χ0v) is 15.9. The molecule has 0 amide bonds. The fourth-order valence-corrected chi connectivity index (χ4v) is 4.06. The zero-order valence-electron chi connectivity index (χ0n) is 15.9. The van der Waals surface area contributed by atoms with Crippen molar-refractivity contribution in [3.63, 3.8) is 0 Å². The summed E-state index contributed by atoms with van der Waals surface area (Å²) in [7, 11) is 2.62. The first-order chi connectivity index (χ1) is 13.0. The summed E-state index contributed by atoms with van der Waals surface area (Å²) in [5, 5.41) is 0. The molecule has 4 nitrogen and oxygen atoms in total. The predicted octanol–water partition coefficient (Wildman–Crippen LogP) is 3.74. The average molecular weight is 364 g/mol. The summed E-state index contributed by atoms with van der Waals surface area (Å²) < 4.78 is 10.2. The highest BCUT2D eigenvalue weighted by Gasteiger charge is 2.49. The number of ether oxygens (including phenoxy) is 2. The van der Waals surface area contributed by atoms with E-state index in [2.05, 4.69) is 18.4 Å². The van der Waals surface area contributed by atoms with Crippen LogP contribution >= 0.6 is 0 Å². The summed E-state index contributed by atoms with van der Waals surface area (Å²) in [5.41, 5.74) is 3.10. The van der Waals surface area contributed by atoms with Gasteiger partial charge in [-0.05, 0) is 49.3 Å². The molecule has 0 fully saturated rings. The molecule has 0 atom stereocenters. The van der Waals surface area contributed by atoms with Gasteiger partial charge >= 0.3 is 11.9 Å². The van der Waals surface area contributed by atoms with Crippen LogP contribution in [0.3, 0.4) is 0 Å². The molecule has 0 N–H and O–H groups in total. The van der Waals surface area contributed by atoms with Crippen molar-refractivity contribution >= 4 is 11.9 Å². The van der Waals surface area contributed by atoms with Crippen LogP contribution in [-0.2, 0) is 25.5 Å². The van der Waals surface area contributed by atoms with E-state index < -0.39 is 17.4 Å². The van der Waals surface area contributed by atoms with Crippen molar-refractivity contribution in [3.8, 4) is 11.8 Å². The highest BCUT2D eigenvalue weighted by atomic mass is 16.5. The Kier molecular flexibility index (Phi) is 5.51. The van der Waals surface area contributed by atoms with Crippen molar-refractivity contribution in [2.75, 3.05) is 14.2 Å². The van der Waals surface area contributed by atoms with E-state index in [1.165, 1.54) is 14.2 Å². The van der Waals surface area contributed by atoms with Crippen molar-refractivity contribution in [1.29, 1.82) is 0 Å². The van der Waals surface area contributed by atoms with Gasteiger partial charge in [0.15, 0.2) is 5.41 Å². The fraction of sp³-hybridized carbons (Fsp3) is 0.391. The summed E-state index contributed by atoms with van der Waals surface area (Å²) in [6.07, 6.45) is 4.24. The summed E-state index contributed by atoms with van der Waals surface area (Å²) >= 11 is 0. The minimum Gasteiger partial charge on any atom is -0.468 e. The normalized spacial score (nSPS) is 18.4. The van der Waals surface area contributed by atoms with Crippen LogP contribution in [0.15, 0.2) is 47.6 Å². The second kappa shape index (κ2) is 7.84. The third-order valence-electron chi connectivity index (χ3n) is 5.47. The number of rotatable bonds is 2. The van der Waals surface area contributed by atoms with Crippen LogP contribution in [-0.4, -0.2) is 26.2 Å². The Balaban J connectivity index is 2.26. The van der Waals surface area contributed by atoms with E-state index in [1.54, 1.807) is 0 Å². The van der Waals surface area contributed by atoms with Crippen molar-refractivity contribution in [2.45, 2.75) is 38.5 Å². The van der Waals surface area contributed by atoms with Gasteiger partial charge in [0.2, 0.25) is 0 Å². The van der Waals surface area contributed by atoms with Crippen LogP contribution < -0.4 is 0 Å². The van der Waals surface area contributed by atoms with E-state index >= 15 is 0 Å². The molecule has 0 aliphatic heterocycles. The Labute approximate surface area is 160 Å². The molecular weight excluding hydrogens is 340 g/mol. The van der Waals surface area contributed by atoms with Gasteiger partial charge in [0.25, 0.3) is 0 Å². The Morgan fingerprint density at radius 3 is 2.37 bits per heavy atom. The molecule has 140 valence electrons. The molecule has 0 spiro atoms. The van der Waals surface area contributed by atoms with Crippen LogP contribution in [0.4, 0.5) is 0 Å². The number of carbonyl (C=O) groups excluding carboxylic acids is 2. The topological polar surface area (TPSA) is 52.6 Å². The standard InChI is InChI=1S/C23H24O4/c1-16-12-13-17-8-4-5-9-18(17)14-23(21(24)26-2,22(25)27-3)15-19-10-6-7-11-20(16)19/h4-5,8-9H,1,6-7,10-11,14-15H2,2-3H3. The zero-order chi connectivity index (χ0) is 19.4. The second-order valence-electron chi connectivity index (χ2n) is 7.09. The first-order valence-electron chi connectivity index (χ1n) is 9.19. The molecule has 2 aliphatic carbocycles. The lowest BCUT2D eigenvalue weighted by molar-refractivity contribution is -0.169. The van der Waals surface area contributed by atoms with Gasteiger partial charge in [-0.3, -0.25) is 9.59 Å². The molecule has 1 aromatic rings. The lowest BCUT2D eigenvalue weighted by Crippen LogP contribution is -2.44. The summed E-state index contributed by atoms with van der Waals surface area (Å²) in [6.45, 7) is 4.16. The Morgan fingerprint density at radius 2 is 1.67 bits per heavy atom. The molecule has 0 saturated carbocycles. The molecular formula is C23H24O4. The van der Waals surface area contributed by atoms with Crippen molar-refractivity contribution in [2.24, 2.45) is 5.41 Å². The highest BCUT2D eigenvalue weighted by Crippen LogP contribution is 2.41. The second-order valence-corrected chi connectivity index (χ2v) is 7.09. The molecule has 4 heteroatoms. The van der Waals surface area contributed by atoms with Crippen LogP contribution in [0.25, 0.3) is 0 Å². The molecule has 3 rings (SSSR count). The minimum atomic E-state index is -1.42. The van der Waals surface area contributed by atoms with Gasteiger partial charge in [-0.25, -0.2) is 0 Å². The number of methoxy groups -OCH3 is 2. The van der Waals surface area contributed by atoms with E-state index in [-0.39, 0.29) is 12.8 Å². The summed E-state index contributed by atoms with van der Waals surface area (Å²) in [5.74, 6) is 5.23. The monoisotopic (exact) mass is 364 g/mol. The van der Waals surface area contributed by atoms with Gasteiger partial charge in [0.1, 0.15) is 0 Å². The third-order valence-corrected chi connectivity index (χ3v) is 5.47. The quantitative estimate of drug-likeness (QED) is 0.456. The van der Waals surface area contributed by atoms with Crippen LogP contribution in [0, 0.1) is 17.3 Å². The molecule has 0 unspecified atom stereocenters. The Hall–Kier alpha value is -2.80. The van der Waals surface area contributed by atoms with Crippen molar-refractivity contribution in [1.82, 2.24) is 0 Å². The lowest BCUT2D eigenvalue weighted by Gasteiger charge is -2.32. The molecule has 2 aliphatic rings. The van der Waals surface area contributed by atoms with Crippen LogP contribution in [0.2, 0.25) is 0 Å². The van der Waals surface area contributed by atoms with E-state index in [1.807, 2.05) is 24.3 Å². The van der Waals surface area contributed by atoms with Gasteiger partial charge in [0, 0.05) is 17.6 Å². The predicted molar refractivity (Wildman–Crippen MR) is 103 cm³/mol. The van der Waals surface area contributed by atoms with E-state index in [4.69, 9.17) is 9.47 Å². The summed E-state index contributed by atoms with van der Waals surface area (Å²) in [4.78, 5) is 25.8. The molecule has 0 saturated heterocycles. The largest absolute Gasteiger partial charge is 0.468 e. The van der Waals surface area contributed by atoms with Crippen LogP contribution in [0.5, 0.6) is 0 Å². The highest BCUT2D eigenvalue weighted by molar-refractivity contribution is 6.00. The maximum atomic E-state index is 12.9. The van der Waals surface area contributed by atoms with Crippen molar-refractivity contribution in [3.05, 3.63) is 58.7 Å². The number of fused-ring (bicyclic) bond motifs is 1. The SMILES string of the molecule is C=C1C#Cc2ccccc2CC(C(=O)OC)(C(=O)OC)CC2=C1CCCC2. The smallest absolute Gasteiger partial charge is 0.323 e. The number of hydrogen-bond acceptors (Lipinski definition) is 4. The molecule has 0 heterocycles. The average Bonchev–Trinajstić information content (AvgIpc) is 2.71. The molecule has 0 radical (unpaired) electrons. The van der Waals surface area contributed by atoms with Gasteiger partial charge in [-0.2, -0.15) is 0 Å². The number of esters is 2. The van der Waals surface area contributed by atoms with E-state index in [0.29, 0.717) is 0 Å².